The molecule has 5 nitrogen and oxygen atoms in total. The van der Waals surface area contributed by atoms with Crippen molar-refractivity contribution in [3.63, 3.8) is 0 Å². The molecule has 0 aliphatic carbocycles. The van der Waals surface area contributed by atoms with Gasteiger partial charge in [0.05, 0.1) is 24.9 Å². The van der Waals surface area contributed by atoms with E-state index in [1.54, 1.807) is 0 Å². The van der Waals surface area contributed by atoms with Crippen molar-refractivity contribution < 1.29 is 22.3 Å². The molecule has 0 unspecified atom stereocenters. The van der Waals surface area contributed by atoms with Gasteiger partial charge in [0, 0.05) is 12.1 Å². The van der Waals surface area contributed by atoms with E-state index >= 15 is 0 Å². The number of sulfonamides is 1. The van der Waals surface area contributed by atoms with Crippen LogP contribution in [0.4, 0.5) is 10.1 Å². The standard InChI is InChI=1S/C14H13ClFNO4S/c1-20-12-8-14(13(21-2)7-9(12)15)22(18,19)17-11-6-4-3-5-10(11)16/h3-8,17H,1-2H3. The molecule has 0 atom stereocenters. The maximum atomic E-state index is 13.6. The number of para-hydroxylation sites is 1. The zero-order valence-electron chi connectivity index (χ0n) is 11.8. The minimum Gasteiger partial charge on any atom is -0.495 e. The highest BCUT2D eigenvalue weighted by Gasteiger charge is 2.23. The van der Waals surface area contributed by atoms with Gasteiger partial charge >= 0.3 is 0 Å². The first-order chi connectivity index (χ1) is 10.4. The zero-order chi connectivity index (χ0) is 16.3. The molecule has 0 amide bonds. The quantitative estimate of drug-likeness (QED) is 0.903. The van der Waals surface area contributed by atoms with Gasteiger partial charge in [-0.2, -0.15) is 0 Å². The summed E-state index contributed by atoms with van der Waals surface area (Å²) in [6.07, 6.45) is 0. The van der Waals surface area contributed by atoms with E-state index in [1.807, 2.05) is 0 Å². The van der Waals surface area contributed by atoms with Crippen LogP contribution < -0.4 is 14.2 Å². The molecule has 0 radical (unpaired) electrons. The first kappa shape index (κ1) is 16.4. The summed E-state index contributed by atoms with van der Waals surface area (Å²) in [5.41, 5.74) is -0.168. The van der Waals surface area contributed by atoms with E-state index in [0.29, 0.717) is 0 Å². The van der Waals surface area contributed by atoms with Gasteiger partial charge in [0.15, 0.2) is 0 Å². The van der Waals surface area contributed by atoms with E-state index in [2.05, 4.69) is 4.72 Å². The molecule has 0 bridgehead atoms. The number of benzene rings is 2. The van der Waals surface area contributed by atoms with Gasteiger partial charge < -0.3 is 9.47 Å². The minimum atomic E-state index is -4.08. The van der Waals surface area contributed by atoms with E-state index in [-0.39, 0.29) is 27.1 Å². The lowest BCUT2D eigenvalue weighted by atomic mass is 10.3. The van der Waals surface area contributed by atoms with Crippen LogP contribution in [0, 0.1) is 5.82 Å². The van der Waals surface area contributed by atoms with Crippen molar-refractivity contribution in [1.29, 1.82) is 0 Å². The highest BCUT2D eigenvalue weighted by atomic mass is 35.5. The molecule has 0 fully saturated rings. The summed E-state index contributed by atoms with van der Waals surface area (Å²) in [5, 5.41) is 0.198. The third kappa shape index (κ3) is 3.26. The van der Waals surface area contributed by atoms with Gasteiger partial charge in [-0.3, -0.25) is 4.72 Å². The Morgan fingerprint density at radius 2 is 1.73 bits per heavy atom. The second-order valence-electron chi connectivity index (χ2n) is 4.22. The Balaban J connectivity index is 2.51. The second-order valence-corrected chi connectivity index (χ2v) is 6.28. The van der Waals surface area contributed by atoms with Crippen molar-refractivity contribution in [3.8, 4) is 11.5 Å². The average Bonchev–Trinajstić information content (AvgIpc) is 2.48. The van der Waals surface area contributed by atoms with Crippen LogP contribution in [0.15, 0.2) is 41.3 Å². The largest absolute Gasteiger partial charge is 0.495 e. The number of halogens is 2. The minimum absolute atomic E-state index is 0.0228. The van der Waals surface area contributed by atoms with Gasteiger partial charge in [0.25, 0.3) is 10.0 Å². The normalized spacial score (nSPS) is 11.1. The summed E-state index contributed by atoms with van der Waals surface area (Å²) in [6.45, 7) is 0. The predicted octanol–water partition coefficient (Wildman–Crippen LogP) is 3.30. The Labute approximate surface area is 132 Å². The van der Waals surface area contributed by atoms with Crippen LogP contribution in [-0.2, 0) is 10.0 Å². The maximum Gasteiger partial charge on any atom is 0.265 e. The molecular formula is C14H13ClFNO4S. The molecule has 118 valence electrons. The molecule has 2 aromatic rings. The lowest BCUT2D eigenvalue weighted by Crippen LogP contribution is -2.15. The van der Waals surface area contributed by atoms with Gasteiger partial charge in [0.1, 0.15) is 22.2 Å². The van der Waals surface area contributed by atoms with Gasteiger partial charge in [0.2, 0.25) is 0 Å². The number of hydrogen-bond donors (Lipinski definition) is 1. The topological polar surface area (TPSA) is 64.6 Å². The summed E-state index contributed by atoms with van der Waals surface area (Å²) >= 11 is 5.94. The molecule has 0 aromatic heterocycles. The molecule has 2 rings (SSSR count). The van der Waals surface area contributed by atoms with Gasteiger partial charge in [-0.25, -0.2) is 12.8 Å². The van der Waals surface area contributed by atoms with Crippen LogP contribution in [-0.4, -0.2) is 22.6 Å². The van der Waals surface area contributed by atoms with Crippen LogP contribution in [0.3, 0.4) is 0 Å². The number of nitrogens with one attached hydrogen (secondary N) is 1. The third-order valence-corrected chi connectivity index (χ3v) is 4.53. The van der Waals surface area contributed by atoms with E-state index in [4.69, 9.17) is 21.1 Å². The first-order valence-electron chi connectivity index (χ1n) is 6.08. The Bertz CT molecular complexity index is 795. The van der Waals surface area contributed by atoms with E-state index in [0.717, 1.165) is 6.07 Å². The Morgan fingerprint density at radius 1 is 1.09 bits per heavy atom. The van der Waals surface area contributed by atoms with Crippen molar-refractivity contribution in [2.75, 3.05) is 18.9 Å². The van der Waals surface area contributed by atoms with E-state index in [9.17, 15) is 12.8 Å². The fourth-order valence-electron chi connectivity index (χ4n) is 1.79. The third-order valence-electron chi connectivity index (χ3n) is 2.85. The SMILES string of the molecule is COc1cc(S(=O)(=O)Nc2ccccc2F)c(OC)cc1Cl. The van der Waals surface area contributed by atoms with Crippen LogP contribution in [0.1, 0.15) is 0 Å². The molecule has 0 saturated carbocycles. The zero-order valence-corrected chi connectivity index (χ0v) is 13.3. The highest BCUT2D eigenvalue weighted by molar-refractivity contribution is 7.92. The van der Waals surface area contributed by atoms with Gasteiger partial charge in [-0.1, -0.05) is 23.7 Å². The predicted molar refractivity (Wildman–Crippen MR) is 81.8 cm³/mol. The number of anilines is 1. The first-order valence-corrected chi connectivity index (χ1v) is 7.94. The van der Waals surface area contributed by atoms with Crippen molar-refractivity contribution >= 4 is 27.3 Å². The number of ether oxygens (including phenoxy) is 2. The molecule has 0 saturated heterocycles. The van der Waals surface area contributed by atoms with Crippen LogP contribution in [0.25, 0.3) is 0 Å². The lowest BCUT2D eigenvalue weighted by molar-refractivity contribution is 0.392. The second kappa shape index (κ2) is 6.41. The molecule has 1 N–H and O–H groups in total. The molecular weight excluding hydrogens is 333 g/mol. The number of methoxy groups -OCH3 is 2. The van der Waals surface area contributed by atoms with Gasteiger partial charge in [-0.15, -0.1) is 0 Å². The van der Waals surface area contributed by atoms with Crippen LogP contribution >= 0.6 is 11.6 Å². The average molecular weight is 346 g/mol. The van der Waals surface area contributed by atoms with E-state index < -0.39 is 15.8 Å². The fourth-order valence-corrected chi connectivity index (χ4v) is 3.25. The summed E-state index contributed by atoms with van der Waals surface area (Å²) in [6, 6.07) is 7.96. The molecule has 22 heavy (non-hydrogen) atoms. The molecule has 0 spiro atoms. The Morgan fingerprint density at radius 3 is 2.32 bits per heavy atom. The lowest BCUT2D eigenvalue weighted by Gasteiger charge is -2.14. The molecule has 8 heteroatoms. The maximum absolute atomic E-state index is 13.6. The van der Waals surface area contributed by atoms with Crippen molar-refractivity contribution in [3.05, 3.63) is 47.2 Å². The molecule has 0 aliphatic rings. The fraction of sp³-hybridized carbons (Fsp3) is 0.143. The summed E-state index contributed by atoms with van der Waals surface area (Å²) in [4.78, 5) is -0.209. The summed E-state index contributed by atoms with van der Waals surface area (Å²) in [7, 11) is -1.42. The monoisotopic (exact) mass is 345 g/mol. The molecule has 0 aliphatic heterocycles. The van der Waals surface area contributed by atoms with Gasteiger partial charge in [-0.05, 0) is 12.1 Å². The van der Waals surface area contributed by atoms with Crippen molar-refractivity contribution in [2.24, 2.45) is 0 Å². The van der Waals surface area contributed by atoms with Crippen LogP contribution in [0.2, 0.25) is 5.02 Å². The highest BCUT2D eigenvalue weighted by Crippen LogP contribution is 2.35. The van der Waals surface area contributed by atoms with Crippen molar-refractivity contribution in [2.45, 2.75) is 4.90 Å². The van der Waals surface area contributed by atoms with Crippen LogP contribution in [0.5, 0.6) is 11.5 Å². The smallest absolute Gasteiger partial charge is 0.265 e. The summed E-state index contributed by atoms with van der Waals surface area (Å²) < 4.78 is 50.7. The number of hydrogen-bond acceptors (Lipinski definition) is 4. The molecule has 2 aromatic carbocycles. The number of rotatable bonds is 5. The Hall–Kier alpha value is -1.99. The summed E-state index contributed by atoms with van der Waals surface area (Å²) in [5.74, 6) is -0.503. The van der Waals surface area contributed by atoms with E-state index in [1.165, 1.54) is 44.6 Å². The molecule has 0 heterocycles. The Kier molecular flexibility index (Phi) is 4.77. The van der Waals surface area contributed by atoms with Crippen molar-refractivity contribution in [1.82, 2.24) is 0 Å².